The van der Waals surface area contributed by atoms with Gasteiger partial charge < -0.3 is 25.6 Å². The van der Waals surface area contributed by atoms with Crippen LogP contribution in [0.5, 0.6) is 17.2 Å². The van der Waals surface area contributed by atoms with Crippen molar-refractivity contribution in [2.24, 2.45) is 0 Å². The summed E-state index contributed by atoms with van der Waals surface area (Å²) in [6.45, 7) is 1.03. The Balaban J connectivity index is 0.880. The van der Waals surface area contributed by atoms with Crippen molar-refractivity contribution in [3.05, 3.63) is 95.1 Å². The van der Waals surface area contributed by atoms with Crippen LogP contribution >= 0.6 is 0 Å². The van der Waals surface area contributed by atoms with Crippen molar-refractivity contribution in [3.8, 4) is 28.5 Å². The van der Waals surface area contributed by atoms with Crippen LogP contribution in [0.2, 0.25) is 0 Å². The summed E-state index contributed by atoms with van der Waals surface area (Å²) in [5.41, 5.74) is 9.22. The fourth-order valence-corrected chi connectivity index (χ4v) is 6.06. The molecule has 0 spiro atoms. The average Bonchev–Trinajstić information content (AvgIpc) is 3.39. The molecule has 0 saturated carbocycles. The number of amides is 5. The Morgan fingerprint density at radius 3 is 2.40 bits per heavy atom. The number of benzene rings is 3. The molecule has 0 bridgehead atoms. The predicted molar refractivity (Wildman–Crippen MR) is 188 cm³/mol. The quantitative estimate of drug-likeness (QED) is 0.104. The fourth-order valence-electron chi connectivity index (χ4n) is 6.06. The number of imide groups is 2. The number of aromatic hydroxyl groups is 1. The highest BCUT2D eigenvalue weighted by molar-refractivity contribution is 6.24. The third-order valence-corrected chi connectivity index (χ3v) is 8.86. The van der Waals surface area contributed by atoms with Crippen LogP contribution in [0.25, 0.3) is 11.3 Å². The fraction of sp³-hybridized carbons (Fsp3) is 0.289. The number of fused-ring (bicyclic) bond motifs is 1. The Hall–Kier alpha value is -6.31. The van der Waals surface area contributed by atoms with Gasteiger partial charge in [-0.25, -0.2) is 0 Å². The molecule has 0 radical (unpaired) electrons. The Morgan fingerprint density at radius 1 is 0.865 bits per heavy atom. The van der Waals surface area contributed by atoms with E-state index in [1.54, 1.807) is 42.5 Å². The van der Waals surface area contributed by atoms with Gasteiger partial charge in [-0.1, -0.05) is 42.5 Å². The number of nitrogen functional groups attached to an aromatic ring is 1. The van der Waals surface area contributed by atoms with Gasteiger partial charge in [-0.3, -0.25) is 34.2 Å². The number of piperidine rings is 1. The Morgan fingerprint density at radius 2 is 1.62 bits per heavy atom. The first-order chi connectivity index (χ1) is 25.2. The Bertz CT molecular complexity index is 2000. The molecule has 268 valence electrons. The van der Waals surface area contributed by atoms with Gasteiger partial charge in [0.25, 0.3) is 11.8 Å². The normalized spacial score (nSPS) is 15.3. The number of hydrogen-bond donors (Lipinski definition) is 4. The molecule has 5 amide bonds. The minimum absolute atomic E-state index is 0.0462. The molecule has 6 rings (SSSR count). The second kappa shape index (κ2) is 16.1. The number of carbonyl (C=O) groups is 5. The molecule has 3 heterocycles. The number of carbonyl (C=O) groups excluding carboxylic acids is 5. The second-order valence-corrected chi connectivity index (χ2v) is 12.5. The lowest BCUT2D eigenvalue weighted by Gasteiger charge is -2.27. The lowest BCUT2D eigenvalue weighted by Crippen LogP contribution is -2.54. The monoisotopic (exact) mass is 706 g/mol. The Kier molecular flexibility index (Phi) is 11.0. The number of nitrogens with two attached hydrogens (primary N) is 1. The number of hydrogen-bond acceptors (Lipinski definition) is 11. The molecule has 0 aliphatic carbocycles. The molecular weight excluding hydrogens is 668 g/mol. The van der Waals surface area contributed by atoms with Gasteiger partial charge in [-0.05, 0) is 61.1 Å². The van der Waals surface area contributed by atoms with Crippen molar-refractivity contribution in [2.75, 3.05) is 18.9 Å². The van der Waals surface area contributed by atoms with Gasteiger partial charge in [0.05, 0.1) is 24.3 Å². The summed E-state index contributed by atoms with van der Waals surface area (Å²) in [5.74, 6) is -1.47. The van der Waals surface area contributed by atoms with Crippen LogP contribution < -0.4 is 25.8 Å². The van der Waals surface area contributed by atoms with E-state index in [9.17, 15) is 29.1 Å². The molecule has 5 N–H and O–H groups in total. The van der Waals surface area contributed by atoms with E-state index in [0.29, 0.717) is 62.3 Å². The summed E-state index contributed by atoms with van der Waals surface area (Å²) >= 11 is 0. The van der Waals surface area contributed by atoms with E-state index < -0.39 is 29.7 Å². The van der Waals surface area contributed by atoms with E-state index in [-0.39, 0.29) is 53.8 Å². The first-order valence-electron chi connectivity index (χ1n) is 17.1. The molecule has 3 aromatic carbocycles. The molecule has 2 aliphatic rings. The van der Waals surface area contributed by atoms with Gasteiger partial charge in [0.1, 0.15) is 23.2 Å². The first-order valence-corrected chi connectivity index (χ1v) is 17.1. The van der Waals surface area contributed by atoms with Crippen molar-refractivity contribution in [2.45, 2.75) is 57.5 Å². The summed E-state index contributed by atoms with van der Waals surface area (Å²) < 4.78 is 11.7. The molecule has 52 heavy (non-hydrogen) atoms. The summed E-state index contributed by atoms with van der Waals surface area (Å²) in [6, 6.07) is 20.0. The Labute approximate surface area is 299 Å². The van der Waals surface area contributed by atoms with E-state index in [1.165, 1.54) is 6.07 Å². The second-order valence-electron chi connectivity index (χ2n) is 12.5. The lowest BCUT2D eigenvalue weighted by molar-refractivity contribution is -0.136. The van der Waals surface area contributed by atoms with Gasteiger partial charge in [0, 0.05) is 37.4 Å². The smallest absolute Gasteiger partial charge is 0.266 e. The third kappa shape index (κ3) is 8.18. The third-order valence-electron chi connectivity index (χ3n) is 8.86. The summed E-state index contributed by atoms with van der Waals surface area (Å²) in [6.07, 6.45) is 3.08. The molecule has 4 aromatic rings. The van der Waals surface area contributed by atoms with Crippen LogP contribution in [-0.2, 0) is 27.3 Å². The number of nitrogens with zero attached hydrogens (tertiary/aromatic N) is 3. The summed E-state index contributed by atoms with van der Waals surface area (Å²) in [5, 5.41) is 23.3. The van der Waals surface area contributed by atoms with Gasteiger partial charge in [0.15, 0.2) is 11.6 Å². The average molecular weight is 707 g/mol. The van der Waals surface area contributed by atoms with Crippen molar-refractivity contribution in [1.82, 2.24) is 25.7 Å². The maximum absolute atomic E-state index is 13.2. The molecule has 14 heteroatoms. The number of para-hydroxylation sites is 1. The van der Waals surface area contributed by atoms with E-state index >= 15 is 0 Å². The molecule has 14 nitrogen and oxygen atoms in total. The van der Waals surface area contributed by atoms with Crippen molar-refractivity contribution >= 4 is 35.4 Å². The van der Waals surface area contributed by atoms with Crippen LogP contribution in [0.1, 0.15) is 70.4 Å². The molecular formula is C38H38N6O8. The number of nitrogens with one attached hydrogen (secondary N) is 2. The van der Waals surface area contributed by atoms with Gasteiger partial charge in [-0.2, -0.15) is 0 Å². The highest BCUT2D eigenvalue weighted by Crippen LogP contribution is 2.34. The van der Waals surface area contributed by atoms with Crippen molar-refractivity contribution in [1.29, 1.82) is 0 Å². The maximum atomic E-state index is 13.2. The van der Waals surface area contributed by atoms with E-state index in [0.717, 1.165) is 16.0 Å². The maximum Gasteiger partial charge on any atom is 0.266 e. The minimum atomic E-state index is -1.04. The number of rotatable bonds is 15. The topological polar surface area (TPSA) is 203 Å². The van der Waals surface area contributed by atoms with Crippen LogP contribution in [0.15, 0.2) is 72.8 Å². The lowest BCUT2D eigenvalue weighted by atomic mass is 10.0. The molecule has 1 saturated heterocycles. The minimum Gasteiger partial charge on any atom is -0.507 e. The highest BCUT2D eigenvalue weighted by atomic mass is 16.5. The zero-order valence-electron chi connectivity index (χ0n) is 28.3. The standard InChI is InChI=1S/C38H38N6O8/c39-35-31(21-27(42-43-35)25-7-3-4-9-29(25)45)52-20-18-23-12-14-24(15-13-23)22-40-32(46)11-2-1-5-19-51-30-10-6-8-26-34(30)38(50)44(37(26)49)28-16-17-33(47)41-36(28)48/h3-4,6-10,12-15,21,28,45H,1-2,5,11,16-20,22H2,(H2,39,43)(H,40,46)(H,41,47,48). The van der Waals surface area contributed by atoms with Crippen LogP contribution in [0.3, 0.4) is 0 Å². The van der Waals surface area contributed by atoms with E-state index in [1.807, 2.05) is 24.3 Å². The molecule has 1 aromatic heterocycles. The summed E-state index contributed by atoms with van der Waals surface area (Å²) in [4.78, 5) is 63.4. The number of phenolic OH excluding ortho intramolecular Hbond substituents is 1. The predicted octanol–water partition coefficient (Wildman–Crippen LogP) is 3.71. The van der Waals surface area contributed by atoms with Crippen molar-refractivity contribution < 1.29 is 38.6 Å². The summed E-state index contributed by atoms with van der Waals surface area (Å²) in [7, 11) is 0. The van der Waals surface area contributed by atoms with Gasteiger partial charge in [0.2, 0.25) is 17.7 Å². The largest absolute Gasteiger partial charge is 0.507 e. The molecule has 1 atom stereocenters. The molecule has 2 aliphatic heterocycles. The van der Waals surface area contributed by atoms with Gasteiger partial charge in [-0.15, -0.1) is 10.2 Å². The zero-order chi connectivity index (χ0) is 36.6. The molecule has 1 unspecified atom stereocenters. The number of aromatic nitrogens is 2. The number of unbranched alkanes of at least 4 members (excludes halogenated alkanes) is 2. The van der Waals surface area contributed by atoms with E-state index in [4.69, 9.17) is 15.2 Å². The number of phenols is 1. The first kappa shape index (κ1) is 35.5. The SMILES string of the molecule is Nc1nnc(-c2ccccc2O)cc1OCCc1ccc(CNC(=O)CCCCCOc2cccc3c2C(=O)N(C2CCC(=O)NC2=O)C3=O)cc1. The number of anilines is 1. The van der Waals surface area contributed by atoms with Crippen molar-refractivity contribution in [3.63, 3.8) is 0 Å². The van der Waals surface area contributed by atoms with Gasteiger partial charge >= 0.3 is 0 Å². The highest BCUT2D eigenvalue weighted by Gasteiger charge is 2.46. The van der Waals surface area contributed by atoms with E-state index in [2.05, 4.69) is 20.8 Å². The zero-order valence-corrected chi connectivity index (χ0v) is 28.3. The van der Waals surface area contributed by atoms with Crippen LogP contribution in [0, 0.1) is 0 Å². The molecule has 1 fully saturated rings. The number of ether oxygens (including phenoxy) is 2. The van der Waals surface area contributed by atoms with Crippen LogP contribution in [-0.4, -0.2) is 69.0 Å². The van der Waals surface area contributed by atoms with Crippen LogP contribution in [0.4, 0.5) is 5.82 Å².